The molecule has 172 valence electrons. The van der Waals surface area contributed by atoms with Crippen LogP contribution in [0.15, 0.2) is 30.3 Å². The molecule has 32 heavy (non-hydrogen) atoms. The second-order valence-corrected chi connectivity index (χ2v) is 6.40. The predicted octanol–water partition coefficient (Wildman–Crippen LogP) is 2.95. The molecule has 2 rings (SSSR count). The normalized spacial score (nSPS) is 10.5. The molecule has 0 fully saturated rings. The molecule has 0 aromatic heterocycles. The van der Waals surface area contributed by atoms with Crippen molar-refractivity contribution in [3.8, 4) is 11.5 Å². The molecule has 11 heteroatoms. The summed E-state index contributed by atoms with van der Waals surface area (Å²) >= 11 is 0. The number of carbonyl (C=O) groups excluding carboxylic acids is 3. The van der Waals surface area contributed by atoms with Crippen molar-refractivity contribution in [3.05, 3.63) is 59.2 Å². The van der Waals surface area contributed by atoms with Crippen molar-refractivity contribution in [2.45, 2.75) is 13.3 Å². The van der Waals surface area contributed by atoms with Gasteiger partial charge >= 0.3 is 5.97 Å². The summed E-state index contributed by atoms with van der Waals surface area (Å²) in [5.74, 6) is -9.76. The molecule has 0 aliphatic rings. The lowest BCUT2D eigenvalue weighted by molar-refractivity contribution is -0.136. The number of halogens is 4. The Labute approximate surface area is 180 Å². The Morgan fingerprint density at radius 1 is 0.938 bits per heavy atom. The number of rotatable bonds is 11. The summed E-state index contributed by atoms with van der Waals surface area (Å²) in [5, 5.41) is 2.57. The van der Waals surface area contributed by atoms with Crippen LogP contribution in [0.3, 0.4) is 0 Å². The van der Waals surface area contributed by atoms with Gasteiger partial charge in [-0.2, -0.15) is 8.78 Å². The highest BCUT2D eigenvalue weighted by Crippen LogP contribution is 2.26. The highest BCUT2D eigenvalue weighted by molar-refractivity contribution is 5.94. The van der Waals surface area contributed by atoms with Gasteiger partial charge in [-0.3, -0.25) is 14.4 Å². The van der Waals surface area contributed by atoms with E-state index in [9.17, 15) is 31.9 Å². The Balaban J connectivity index is 1.67. The minimum absolute atomic E-state index is 0.00382. The van der Waals surface area contributed by atoms with Gasteiger partial charge < -0.3 is 19.5 Å². The molecular formula is C21H19F4NO6. The fourth-order valence-electron chi connectivity index (χ4n) is 2.29. The zero-order chi connectivity index (χ0) is 23.7. The van der Waals surface area contributed by atoms with Crippen LogP contribution in [0.5, 0.6) is 11.5 Å². The number of carbonyl (C=O) groups is 3. The van der Waals surface area contributed by atoms with Crippen molar-refractivity contribution >= 4 is 17.7 Å². The van der Waals surface area contributed by atoms with Gasteiger partial charge in [-0.1, -0.05) is 0 Å². The number of hydrogen-bond acceptors (Lipinski definition) is 6. The highest BCUT2D eigenvalue weighted by atomic mass is 19.2. The molecule has 0 atom stereocenters. The second-order valence-electron chi connectivity index (χ2n) is 6.40. The van der Waals surface area contributed by atoms with E-state index in [0.29, 0.717) is 11.3 Å². The number of ether oxygens (including phenoxy) is 3. The van der Waals surface area contributed by atoms with Gasteiger partial charge in [-0.05, 0) is 31.2 Å². The fourth-order valence-corrected chi connectivity index (χ4v) is 2.29. The van der Waals surface area contributed by atoms with Gasteiger partial charge in [0.1, 0.15) is 12.4 Å². The van der Waals surface area contributed by atoms with Gasteiger partial charge in [0.2, 0.25) is 17.4 Å². The van der Waals surface area contributed by atoms with Crippen LogP contribution in [0.4, 0.5) is 17.6 Å². The first-order chi connectivity index (χ1) is 15.2. The van der Waals surface area contributed by atoms with Crippen LogP contribution in [0.25, 0.3) is 0 Å². The predicted molar refractivity (Wildman–Crippen MR) is 102 cm³/mol. The van der Waals surface area contributed by atoms with E-state index < -0.39 is 47.3 Å². The van der Waals surface area contributed by atoms with Crippen LogP contribution >= 0.6 is 0 Å². The molecule has 1 N–H and O–H groups in total. The minimum Gasteiger partial charge on any atom is -0.486 e. The Bertz CT molecular complexity index is 955. The topological polar surface area (TPSA) is 90.9 Å². The van der Waals surface area contributed by atoms with E-state index in [1.54, 1.807) is 0 Å². The quantitative estimate of drug-likeness (QED) is 0.184. The van der Waals surface area contributed by atoms with Crippen molar-refractivity contribution < 1.29 is 46.2 Å². The summed E-state index contributed by atoms with van der Waals surface area (Å²) in [6.07, 6.45) is -0.452. The molecule has 0 radical (unpaired) electrons. The van der Waals surface area contributed by atoms with E-state index in [2.05, 4.69) is 10.1 Å². The molecule has 0 aliphatic heterocycles. The maximum Gasteiger partial charge on any atom is 0.313 e. The molecule has 1 amide bonds. The summed E-state index contributed by atoms with van der Waals surface area (Å²) in [6, 6.07) is 6.09. The van der Waals surface area contributed by atoms with E-state index in [1.807, 2.05) is 0 Å². The number of esters is 1. The first-order valence-electron chi connectivity index (χ1n) is 9.31. The Morgan fingerprint density at radius 2 is 1.56 bits per heavy atom. The molecule has 7 nitrogen and oxygen atoms in total. The van der Waals surface area contributed by atoms with Crippen LogP contribution in [0.1, 0.15) is 23.7 Å². The Hall–Kier alpha value is -3.47. The molecule has 0 heterocycles. The lowest BCUT2D eigenvalue weighted by Crippen LogP contribution is -2.27. The molecule has 0 aliphatic carbocycles. The van der Waals surface area contributed by atoms with Crippen molar-refractivity contribution in [3.63, 3.8) is 0 Å². The van der Waals surface area contributed by atoms with Gasteiger partial charge in [-0.15, -0.1) is 0 Å². The zero-order valence-electron chi connectivity index (χ0n) is 16.9. The second kappa shape index (κ2) is 11.8. The van der Waals surface area contributed by atoms with Crippen molar-refractivity contribution in [2.75, 3.05) is 26.4 Å². The summed E-state index contributed by atoms with van der Waals surface area (Å²) < 4.78 is 67.7. The molecule has 2 aromatic rings. The standard InChI is InChI=1S/C21H19F4NO6/c1-12(27)11-31-14-4-2-13(3-5-14)21(29)26-7-9-30-8-6-17(28)32-20-18(24)15(22)10-16(23)19(20)25/h2-5,10H,6-9,11H2,1H3,(H,26,29). The molecule has 0 bridgehead atoms. The van der Waals surface area contributed by atoms with E-state index in [4.69, 9.17) is 9.47 Å². The first-order valence-corrected chi connectivity index (χ1v) is 9.31. The number of amides is 1. The van der Waals surface area contributed by atoms with E-state index in [-0.39, 0.29) is 38.2 Å². The first kappa shape index (κ1) is 24.8. The maximum atomic E-state index is 13.4. The van der Waals surface area contributed by atoms with Crippen LogP contribution in [0, 0.1) is 23.3 Å². The van der Waals surface area contributed by atoms with Crippen molar-refractivity contribution in [2.24, 2.45) is 0 Å². The molecular weight excluding hydrogens is 438 g/mol. The van der Waals surface area contributed by atoms with Gasteiger partial charge in [0, 0.05) is 18.2 Å². The van der Waals surface area contributed by atoms with Crippen LogP contribution in [-0.2, 0) is 14.3 Å². The van der Waals surface area contributed by atoms with E-state index in [0.717, 1.165) is 0 Å². The smallest absolute Gasteiger partial charge is 0.313 e. The largest absolute Gasteiger partial charge is 0.486 e. The Morgan fingerprint density at radius 3 is 2.16 bits per heavy atom. The molecule has 2 aromatic carbocycles. The van der Waals surface area contributed by atoms with E-state index >= 15 is 0 Å². The highest BCUT2D eigenvalue weighted by Gasteiger charge is 2.22. The Kier molecular flexibility index (Phi) is 9.14. The number of nitrogens with one attached hydrogen (secondary N) is 1. The van der Waals surface area contributed by atoms with Gasteiger partial charge in [0.25, 0.3) is 5.91 Å². The van der Waals surface area contributed by atoms with Crippen molar-refractivity contribution in [1.29, 1.82) is 0 Å². The number of ketones is 1. The lowest BCUT2D eigenvalue weighted by Gasteiger charge is -2.09. The minimum atomic E-state index is -1.82. The monoisotopic (exact) mass is 457 g/mol. The zero-order valence-corrected chi connectivity index (χ0v) is 16.9. The average molecular weight is 457 g/mol. The lowest BCUT2D eigenvalue weighted by atomic mass is 10.2. The molecule has 0 saturated heterocycles. The summed E-state index contributed by atoms with van der Waals surface area (Å²) in [6.45, 7) is 1.19. The van der Waals surface area contributed by atoms with Crippen LogP contribution < -0.4 is 14.8 Å². The number of Topliss-reactive ketones (excluding diaryl/α,β-unsaturated/α-hetero) is 1. The molecule has 0 saturated carbocycles. The van der Waals surface area contributed by atoms with Gasteiger partial charge in [-0.25, -0.2) is 8.78 Å². The van der Waals surface area contributed by atoms with Gasteiger partial charge in [0.05, 0.1) is 19.6 Å². The molecule has 0 unspecified atom stereocenters. The third-order valence-electron chi connectivity index (χ3n) is 3.83. The molecule has 0 spiro atoms. The maximum absolute atomic E-state index is 13.4. The summed E-state index contributed by atoms with van der Waals surface area (Å²) in [4.78, 5) is 34.5. The number of benzene rings is 2. The third kappa shape index (κ3) is 7.34. The van der Waals surface area contributed by atoms with E-state index in [1.165, 1.54) is 31.2 Å². The third-order valence-corrected chi connectivity index (χ3v) is 3.83. The van der Waals surface area contributed by atoms with Crippen molar-refractivity contribution in [1.82, 2.24) is 5.32 Å². The fraction of sp³-hybridized carbons (Fsp3) is 0.286. The number of hydrogen-bond donors (Lipinski definition) is 1. The van der Waals surface area contributed by atoms with Crippen LogP contribution in [-0.4, -0.2) is 44.0 Å². The average Bonchev–Trinajstić information content (AvgIpc) is 2.76. The van der Waals surface area contributed by atoms with Gasteiger partial charge in [0.15, 0.2) is 17.4 Å². The summed E-state index contributed by atoms with van der Waals surface area (Å²) in [7, 11) is 0. The SMILES string of the molecule is CC(=O)COc1ccc(C(=O)NCCOCCC(=O)Oc2c(F)c(F)cc(F)c2F)cc1. The summed E-state index contributed by atoms with van der Waals surface area (Å²) in [5.41, 5.74) is 0.343. The van der Waals surface area contributed by atoms with Crippen LogP contribution in [0.2, 0.25) is 0 Å².